The number of rotatable bonds is 3. The molecule has 1 N–H and O–H groups in total. The van der Waals surface area contributed by atoms with Crippen molar-refractivity contribution in [2.45, 2.75) is 39.0 Å². The molecule has 2 heterocycles. The number of amides is 2. The van der Waals surface area contributed by atoms with Gasteiger partial charge in [-0.3, -0.25) is 9.59 Å². The Labute approximate surface area is 158 Å². The van der Waals surface area contributed by atoms with Gasteiger partial charge < -0.3 is 10.2 Å². The smallest absolute Gasteiger partial charge is 0.263 e. The Bertz CT molecular complexity index is 836. The number of carbonyl (C=O) groups is 2. The van der Waals surface area contributed by atoms with Gasteiger partial charge in [0.25, 0.3) is 5.91 Å². The van der Waals surface area contributed by atoms with Gasteiger partial charge in [-0.15, -0.1) is 11.3 Å². The zero-order chi connectivity index (χ0) is 18.1. The highest BCUT2D eigenvalue weighted by Gasteiger charge is 2.29. The van der Waals surface area contributed by atoms with Crippen LogP contribution in [-0.4, -0.2) is 29.8 Å². The Morgan fingerprint density at radius 3 is 2.77 bits per heavy atom. The molecule has 1 aliphatic heterocycles. The summed E-state index contributed by atoms with van der Waals surface area (Å²) < 4.78 is 0. The molecule has 0 spiro atoms. The number of aryl methyl sites for hydroxylation is 2. The highest BCUT2D eigenvalue weighted by Crippen LogP contribution is 2.34. The van der Waals surface area contributed by atoms with E-state index in [0.717, 1.165) is 61.3 Å². The first kappa shape index (κ1) is 17.3. The van der Waals surface area contributed by atoms with Crippen LogP contribution in [0.2, 0.25) is 0 Å². The van der Waals surface area contributed by atoms with Crippen molar-refractivity contribution in [1.82, 2.24) is 4.90 Å². The van der Waals surface area contributed by atoms with Gasteiger partial charge in [0.15, 0.2) is 0 Å². The fourth-order valence-electron chi connectivity index (χ4n) is 3.90. The van der Waals surface area contributed by atoms with E-state index >= 15 is 0 Å². The van der Waals surface area contributed by atoms with E-state index < -0.39 is 0 Å². The molecule has 1 saturated heterocycles. The fourth-order valence-corrected chi connectivity index (χ4v) is 5.07. The minimum absolute atomic E-state index is 0.0210. The quantitative estimate of drug-likeness (QED) is 0.889. The van der Waals surface area contributed by atoms with Crippen LogP contribution in [-0.2, 0) is 17.6 Å². The molecule has 1 aromatic carbocycles. The second-order valence-corrected chi connectivity index (χ2v) is 8.49. The molecule has 0 radical (unpaired) electrons. The molecule has 5 heteroatoms. The van der Waals surface area contributed by atoms with Crippen molar-refractivity contribution in [3.05, 3.63) is 51.2 Å². The molecule has 0 bridgehead atoms. The Kier molecular flexibility index (Phi) is 4.81. The number of hydrogen-bond donors (Lipinski definition) is 1. The summed E-state index contributed by atoms with van der Waals surface area (Å²) in [6.45, 7) is 3.78. The molecule has 1 atom stereocenters. The van der Waals surface area contributed by atoms with E-state index in [1.807, 2.05) is 42.2 Å². The zero-order valence-corrected chi connectivity index (χ0v) is 15.9. The maximum Gasteiger partial charge on any atom is 0.263 e. The van der Waals surface area contributed by atoms with Gasteiger partial charge in [0.2, 0.25) is 5.91 Å². The van der Waals surface area contributed by atoms with E-state index in [0.29, 0.717) is 0 Å². The van der Waals surface area contributed by atoms with Crippen LogP contribution in [0.3, 0.4) is 0 Å². The summed E-state index contributed by atoms with van der Waals surface area (Å²) >= 11 is 1.63. The van der Waals surface area contributed by atoms with Crippen LogP contribution in [0.1, 0.15) is 44.9 Å². The molecule has 1 aromatic heterocycles. The third kappa shape index (κ3) is 3.54. The summed E-state index contributed by atoms with van der Waals surface area (Å²) in [6, 6.07) is 9.93. The summed E-state index contributed by atoms with van der Waals surface area (Å²) in [7, 11) is 0. The van der Waals surface area contributed by atoms with Crippen molar-refractivity contribution >= 4 is 28.8 Å². The number of fused-ring (bicyclic) bond motifs is 1. The number of carbonyl (C=O) groups excluding carboxylic acids is 2. The van der Waals surface area contributed by atoms with Gasteiger partial charge in [-0.25, -0.2) is 0 Å². The molecule has 1 aliphatic carbocycles. The molecule has 4 rings (SSSR count). The molecule has 4 nitrogen and oxygen atoms in total. The third-order valence-corrected chi connectivity index (χ3v) is 6.57. The minimum Gasteiger partial charge on any atom is -0.338 e. The molecule has 2 amide bonds. The second kappa shape index (κ2) is 7.23. The van der Waals surface area contributed by atoms with Crippen molar-refractivity contribution in [2.75, 3.05) is 18.4 Å². The topological polar surface area (TPSA) is 49.4 Å². The average Bonchev–Trinajstić information content (AvgIpc) is 3.30. The Morgan fingerprint density at radius 1 is 1.19 bits per heavy atom. The highest BCUT2D eigenvalue weighted by atomic mass is 32.1. The highest BCUT2D eigenvalue weighted by molar-refractivity contribution is 7.14. The van der Waals surface area contributed by atoms with Crippen molar-refractivity contribution in [3.63, 3.8) is 0 Å². The van der Waals surface area contributed by atoms with Gasteiger partial charge in [0.05, 0.1) is 4.88 Å². The van der Waals surface area contributed by atoms with Crippen LogP contribution in [0.15, 0.2) is 30.3 Å². The van der Waals surface area contributed by atoms with Gasteiger partial charge in [-0.1, -0.05) is 12.1 Å². The summed E-state index contributed by atoms with van der Waals surface area (Å²) in [5.41, 5.74) is 3.18. The first-order valence-corrected chi connectivity index (χ1v) is 10.2. The van der Waals surface area contributed by atoms with Crippen molar-refractivity contribution in [3.8, 4) is 0 Å². The fraction of sp³-hybridized carbons (Fsp3) is 0.429. The predicted octanol–water partition coefficient (Wildman–Crippen LogP) is 4.04. The molecule has 2 aliphatic rings. The number of thiophene rings is 1. The first-order chi connectivity index (χ1) is 12.6. The summed E-state index contributed by atoms with van der Waals surface area (Å²) in [5.74, 6) is 0.231. The van der Waals surface area contributed by atoms with Crippen LogP contribution in [0.25, 0.3) is 0 Å². The van der Waals surface area contributed by atoms with Crippen LogP contribution >= 0.6 is 11.3 Å². The maximum absolute atomic E-state index is 12.7. The number of nitrogens with one attached hydrogen (secondary N) is 1. The average molecular weight is 369 g/mol. The van der Waals surface area contributed by atoms with Crippen LogP contribution in [0.5, 0.6) is 0 Å². The lowest BCUT2D eigenvalue weighted by molar-refractivity contribution is -0.120. The van der Waals surface area contributed by atoms with E-state index in [2.05, 4.69) is 5.32 Å². The van der Waals surface area contributed by atoms with Gasteiger partial charge in [-0.05, 0) is 68.4 Å². The molecule has 0 unspecified atom stereocenters. The molecular weight excluding hydrogens is 344 g/mol. The number of benzene rings is 1. The Hall–Kier alpha value is -2.14. The SMILES string of the molecule is Cc1cccc(NC(=O)[C@@H]2CCc3sc(C(=O)N4CCCC4)cc3C2)c1. The monoisotopic (exact) mass is 368 g/mol. The zero-order valence-electron chi connectivity index (χ0n) is 15.1. The summed E-state index contributed by atoms with van der Waals surface area (Å²) in [5, 5.41) is 3.05. The van der Waals surface area contributed by atoms with E-state index in [1.54, 1.807) is 11.3 Å². The van der Waals surface area contributed by atoms with Crippen molar-refractivity contribution in [2.24, 2.45) is 5.92 Å². The standard InChI is InChI=1S/C21H24N2O2S/c1-14-5-4-6-17(11-14)22-20(24)15-7-8-18-16(12-15)13-19(26-18)21(25)23-9-2-3-10-23/h4-6,11,13,15H,2-3,7-10,12H2,1H3,(H,22,24)/t15-/m1/s1. The van der Waals surface area contributed by atoms with Crippen molar-refractivity contribution < 1.29 is 9.59 Å². The Balaban J connectivity index is 1.44. The largest absolute Gasteiger partial charge is 0.338 e. The van der Waals surface area contributed by atoms with Gasteiger partial charge in [0, 0.05) is 29.6 Å². The molecule has 2 aromatic rings. The van der Waals surface area contributed by atoms with Gasteiger partial charge in [0.1, 0.15) is 0 Å². The third-order valence-electron chi connectivity index (χ3n) is 5.34. The van der Waals surface area contributed by atoms with Gasteiger partial charge >= 0.3 is 0 Å². The lowest BCUT2D eigenvalue weighted by Crippen LogP contribution is -2.27. The number of hydrogen-bond acceptors (Lipinski definition) is 3. The summed E-state index contributed by atoms with van der Waals surface area (Å²) in [6.07, 6.45) is 4.69. The van der Waals surface area contributed by atoms with E-state index in [9.17, 15) is 9.59 Å². The predicted molar refractivity (Wildman–Crippen MR) is 105 cm³/mol. The lowest BCUT2D eigenvalue weighted by atomic mass is 9.87. The van der Waals surface area contributed by atoms with Gasteiger partial charge in [-0.2, -0.15) is 0 Å². The van der Waals surface area contributed by atoms with E-state index in [-0.39, 0.29) is 17.7 Å². The van der Waals surface area contributed by atoms with Crippen LogP contribution < -0.4 is 5.32 Å². The number of anilines is 1. The molecule has 26 heavy (non-hydrogen) atoms. The molecule has 1 fully saturated rings. The van der Waals surface area contributed by atoms with E-state index in [1.165, 1.54) is 10.4 Å². The Morgan fingerprint density at radius 2 is 2.00 bits per heavy atom. The number of nitrogens with zero attached hydrogens (tertiary/aromatic N) is 1. The summed E-state index contributed by atoms with van der Waals surface area (Å²) in [4.78, 5) is 29.4. The van der Waals surface area contributed by atoms with Crippen LogP contribution in [0.4, 0.5) is 5.69 Å². The maximum atomic E-state index is 12.7. The number of likely N-dealkylation sites (tertiary alicyclic amines) is 1. The normalized spacial score (nSPS) is 19.3. The van der Waals surface area contributed by atoms with E-state index in [4.69, 9.17) is 0 Å². The van der Waals surface area contributed by atoms with Crippen LogP contribution in [0, 0.1) is 12.8 Å². The molecule has 136 valence electrons. The van der Waals surface area contributed by atoms with Crippen molar-refractivity contribution in [1.29, 1.82) is 0 Å². The minimum atomic E-state index is -0.0210. The first-order valence-electron chi connectivity index (χ1n) is 9.38. The second-order valence-electron chi connectivity index (χ2n) is 7.36. The lowest BCUT2D eigenvalue weighted by Gasteiger charge is -2.21. The molecular formula is C21H24N2O2S. The molecule has 0 saturated carbocycles.